The van der Waals surface area contributed by atoms with Crippen molar-refractivity contribution in [2.75, 3.05) is 30.3 Å². The Morgan fingerprint density at radius 3 is 2.38 bits per heavy atom. The summed E-state index contributed by atoms with van der Waals surface area (Å²) in [4.78, 5) is 26.9. The number of aliphatic hydroxyl groups excluding tert-OH is 1. The molecule has 2 amide bonds. The molecule has 0 spiro atoms. The first kappa shape index (κ1) is 18.1. The number of aliphatic hydroxyl groups is 1. The average Bonchev–Trinajstić information content (AvgIpc) is 3.48. The molecule has 1 aliphatic carbocycles. The minimum atomic E-state index is -0.276. The molecule has 0 atom stereocenters. The van der Waals surface area contributed by atoms with E-state index in [2.05, 4.69) is 10.6 Å². The second kappa shape index (κ2) is 8.60. The molecule has 2 aromatic rings. The van der Waals surface area contributed by atoms with Gasteiger partial charge in [0.25, 0.3) is 5.91 Å². The third-order valence-corrected chi connectivity index (χ3v) is 4.27. The molecule has 1 saturated carbocycles. The Kier molecular flexibility index (Phi) is 5.99. The first-order valence-electron chi connectivity index (χ1n) is 8.77. The van der Waals surface area contributed by atoms with Crippen molar-refractivity contribution in [2.24, 2.45) is 0 Å². The fourth-order valence-electron chi connectivity index (χ4n) is 2.84. The van der Waals surface area contributed by atoms with Gasteiger partial charge in [0, 0.05) is 18.3 Å². The highest BCUT2D eigenvalue weighted by Crippen LogP contribution is 2.26. The Balaban J connectivity index is 1.66. The third kappa shape index (κ3) is 4.91. The van der Waals surface area contributed by atoms with E-state index in [4.69, 9.17) is 5.11 Å². The van der Waals surface area contributed by atoms with E-state index in [9.17, 15) is 9.59 Å². The molecule has 0 bridgehead atoms. The number of hydrogen-bond donors (Lipinski definition) is 3. The van der Waals surface area contributed by atoms with E-state index in [1.54, 1.807) is 24.3 Å². The molecule has 0 saturated heterocycles. The van der Waals surface area contributed by atoms with Crippen molar-refractivity contribution in [1.82, 2.24) is 4.90 Å². The molecular weight excluding hydrogens is 330 g/mol. The Hall–Kier alpha value is -2.70. The molecule has 6 nitrogen and oxygen atoms in total. The summed E-state index contributed by atoms with van der Waals surface area (Å²) in [5.41, 5.74) is 1.58. The molecule has 3 rings (SSSR count). The highest BCUT2D eigenvalue weighted by molar-refractivity contribution is 6.10. The summed E-state index contributed by atoms with van der Waals surface area (Å²) in [6, 6.07) is 16.5. The second-order valence-electron chi connectivity index (χ2n) is 6.34. The number of carbonyl (C=O) groups excluding carboxylic acids is 2. The van der Waals surface area contributed by atoms with Crippen molar-refractivity contribution >= 4 is 23.2 Å². The normalized spacial score (nSPS) is 13.5. The second-order valence-corrected chi connectivity index (χ2v) is 6.34. The van der Waals surface area contributed by atoms with Gasteiger partial charge >= 0.3 is 0 Å². The summed E-state index contributed by atoms with van der Waals surface area (Å²) in [5.74, 6) is -0.466. The van der Waals surface area contributed by atoms with Crippen LogP contribution in [0.15, 0.2) is 54.6 Å². The van der Waals surface area contributed by atoms with E-state index in [1.165, 1.54) is 0 Å². The summed E-state index contributed by atoms with van der Waals surface area (Å²) in [5, 5.41) is 14.8. The lowest BCUT2D eigenvalue weighted by atomic mass is 10.1. The number of rotatable bonds is 8. The number of nitrogens with one attached hydrogen (secondary N) is 2. The molecule has 136 valence electrons. The van der Waals surface area contributed by atoms with Gasteiger partial charge in [-0.3, -0.25) is 14.5 Å². The van der Waals surface area contributed by atoms with Crippen LogP contribution in [0, 0.1) is 0 Å². The number of carbonyl (C=O) groups is 2. The highest BCUT2D eigenvalue weighted by Gasteiger charge is 2.29. The van der Waals surface area contributed by atoms with Gasteiger partial charge in [-0.2, -0.15) is 0 Å². The number of benzene rings is 2. The van der Waals surface area contributed by atoms with Crippen molar-refractivity contribution in [1.29, 1.82) is 0 Å². The van der Waals surface area contributed by atoms with E-state index in [0.29, 0.717) is 29.5 Å². The van der Waals surface area contributed by atoms with Crippen LogP contribution in [0.5, 0.6) is 0 Å². The summed E-state index contributed by atoms with van der Waals surface area (Å²) < 4.78 is 0. The molecule has 6 heteroatoms. The topological polar surface area (TPSA) is 81.7 Å². The largest absolute Gasteiger partial charge is 0.395 e. The number of anilines is 2. The molecular formula is C20H23N3O3. The molecule has 0 radical (unpaired) electrons. The van der Waals surface area contributed by atoms with Crippen LogP contribution in [-0.4, -0.2) is 47.6 Å². The summed E-state index contributed by atoms with van der Waals surface area (Å²) in [6.45, 7) is 0.716. The molecule has 1 aliphatic rings. The van der Waals surface area contributed by atoms with Crippen LogP contribution in [0.1, 0.15) is 23.2 Å². The predicted octanol–water partition coefficient (Wildman–Crippen LogP) is 2.33. The first-order chi connectivity index (χ1) is 12.7. The van der Waals surface area contributed by atoms with Gasteiger partial charge in [0.05, 0.1) is 24.4 Å². The monoisotopic (exact) mass is 353 g/mol. The average molecular weight is 353 g/mol. The molecule has 2 aromatic carbocycles. The van der Waals surface area contributed by atoms with E-state index in [-0.39, 0.29) is 25.0 Å². The maximum absolute atomic E-state index is 12.6. The van der Waals surface area contributed by atoms with Crippen LogP contribution in [0.4, 0.5) is 11.4 Å². The fourth-order valence-corrected chi connectivity index (χ4v) is 2.84. The van der Waals surface area contributed by atoms with Gasteiger partial charge in [-0.05, 0) is 37.1 Å². The quantitative estimate of drug-likeness (QED) is 0.680. The van der Waals surface area contributed by atoms with Crippen LogP contribution < -0.4 is 10.6 Å². The molecule has 0 aromatic heterocycles. The minimum absolute atomic E-state index is 0.0276. The van der Waals surface area contributed by atoms with Crippen molar-refractivity contribution in [3.8, 4) is 0 Å². The van der Waals surface area contributed by atoms with Crippen LogP contribution in [0.2, 0.25) is 0 Å². The summed E-state index contributed by atoms with van der Waals surface area (Å²) in [6.07, 6.45) is 2.12. The highest BCUT2D eigenvalue weighted by atomic mass is 16.3. The van der Waals surface area contributed by atoms with Gasteiger partial charge in [-0.15, -0.1) is 0 Å². The number of para-hydroxylation sites is 2. The lowest BCUT2D eigenvalue weighted by Gasteiger charge is -2.20. The Bertz CT molecular complexity index is 760. The number of nitrogens with zero attached hydrogens (tertiary/aromatic N) is 1. The van der Waals surface area contributed by atoms with Gasteiger partial charge in [-0.1, -0.05) is 30.3 Å². The van der Waals surface area contributed by atoms with Crippen molar-refractivity contribution in [2.45, 2.75) is 18.9 Å². The SMILES string of the molecule is O=C(CN(CCO)C1CC1)Nc1ccccc1C(=O)Nc1ccccc1. The number of amides is 2. The van der Waals surface area contributed by atoms with Crippen molar-refractivity contribution in [3.05, 3.63) is 60.2 Å². The van der Waals surface area contributed by atoms with E-state index in [0.717, 1.165) is 12.8 Å². The molecule has 3 N–H and O–H groups in total. The third-order valence-electron chi connectivity index (χ3n) is 4.27. The van der Waals surface area contributed by atoms with Gasteiger partial charge < -0.3 is 15.7 Å². The maximum Gasteiger partial charge on any atom is 0.257 e. The van der Waals surface area contributed by atoms with Crippen LogP contribution in [0.25, 0.3) is 0 Å². The molecule has 1 fully saturated rings. The maximum atomic E-state index is 12.6. The zero-order valence-electron chi connectivity index (χ0n) is 14.5. The van der Waals surface area contributed by atoms with E-state index in [1.807, 2.05) is 35.2 Å². The zero-order chi connectivity index (χ0) is 18.4. The smallest absolute Gasteiger partial charge is 0.257 e. The standard InChI is InChI=1S/C20H23N3O3/c24-13-12-23(16-10-11-16)14-19(25)22-18-9-5-4-8-17(18)20(26)21-15-6-2-1-3-7-15/h1-9,16,24H,10-14H2,(H,21,26)(H,22,25). The minimum Gasteiger partial charge on any atom is -0.395 e. The molecule has 0 unspecified atom stereocenters. The van der Waals surface area contributed by atoms with Crippen molar-refractivity contribution < 1.29 is 14.7 Å². The predicted molar refractivity (Wildman–Crippen MR) is 101 cm³/mol. The van der Waals surface area contributed by atoms with Gasteiger partial charge in [-0.25, -0.2) is 0 Å². The molecule has 0 heterocycles. The van der Waals surface area contributed by atoms with Gasteiger partial charge in [0.2, 0.25) is 5.91 Å². The lowest BCUT2D eigenvalue weighted by Crippen LogP contribution is -2.37. The molecule has 0 aliphatic heterocycles. The van der Waals surface area contributed by atoms with Crippen LogP contribution >= 0.6 is 0 Å². The van der Waals surface area contributed by atoms with E-state index >= 15 is 0 Å². The zero-order valence-corrected chi connectivity index (χ0v) is 14.5. The van der Waals surface area contributed by atoms with E-state index < -0.39 is 0 Å². The molecule has 26 heavy (non-hydrogen) atoms. The fraction of sp³-hybridized carbons (Fsp3) is 0.300. The number of hydrogen-bond acceptors (Lipinski definition) is 4. The lowest BCUT2D eigenvalue weighted by molar-refractivity contribution is -0.117. The van der Waals surface area contributed by atoms with Crippen LogP contribution in [0.3, 0.4) is 0 Å². The Labute approximate surface area is 152 Å². The first-order valence-corrected chi connectivity index (χ1v) is 8.77. The Morgan fingerprint density at radius 2 is 1.69 bits per heavy atom. The Morgan fingerprint density at radius 1 is 1.00 bits per heavy atom. The van der Waals surface area contributed by atoms with Gasteiger partial charge in [0.1, 0.15) is 0 Å². The van der Waals surface area contributed by atoms with Crippen molar-refractivity contribution in [3.63, 3.8) is 0 Å². The summed E-state index contributed by atoms with van der Waals surface area (Å²) >= 11 is 0. The van der Waals surface area contributed by atoms with Crippen LogP contribution in [-0.2, 0) is 4.79 Å². The summed E-state index contributed by atoms with van der Waals surface area (Å²) in [7, 11) is 0. The van der Waals surface area contributed by atoms with Gasteiger partial charge in [0.15, 0.2) is 0 Å².